The van der Waals surface area contributed by atoms with Crippen LogP contribution in [0.15, 0.2) is 24.4 Å². The Hall–Kier alpha value is -1.97. The van der Waals surface area contributed by atoms with E-state index < -0.39 is 0 Å². The van der Waals surface area contributed by atoms with Crippen molar-refractivity contribution in [3.63, 3.8) is 0 Å². The van der Waals surface area contributed by atoms with E-state index >= 15 is 0 Å². The molecule has 2 rings (SSSR count). The summed E-state index contributed by atoms with van der Waals surface area (Å²) in [5.41, 5.74) is 3.38. The molecule has 19 heavy (non-hydrogen) atoms. The molecule has 1 atom stereocenters. The van der Waals surface area contributed by atoms with Crippen LogP contribution in [0.5, 0.6) is 0 Å². The van der Waals surface area contributed by atoms with Crippen LogP contribution < -0.4 is 10.6 Å². The van der Waals surface area contributed by atoms with E-state index in [0.29, 0.717) is 13.0 Å². The number of H-pyrrole nitrogens is 1. The predicted molar refractivity (Wildman–Crippen MR) is 79.6 cm³/mol. The monoisotopic (exact) mass is 259 g/mol. The molecule has 1 amide bonds. The first kappa shape index (κ1) is 13.5. The normalized spacial score (nSPS) is 12.4. The maximum Gasteiger partial charge on any atom is 0.220 e. The molecular formula is C15H21N3O. The summed E-state index contributed by atoms with van der Waals surface area (Å²) in [4.78, 5) is 14.9. The first-order valence-electron chi connectivity index (χ1n) is 6.71. The molecular weight excluding hydrogens is 238 g/mol. The SMILES string of the molecule is CCNC(=O)CC(C)c1c[nH]c2ccc(NC)cc12. The highest BCUT2D eigenvalue weighted by Crippen LogP contribution is 2.29. The fourth-order valence-electron chi connectivity index (χ4n) is 2.36. The molecule has 0 aliphatic heterocycles. The van der Waals surface area contributed by atoms with Gasteiger partial charge in [-0.25, -0.2) is 0 Å². The number of hydrogen-bond donors (Lipinski definition) is 3. The molecule has 0 fully saturated rings. The smallest absolute Gasteiger partial charge is 0.220 e. The average molecular weight is 259 g/mol. The lowest BCUT2D eigenvalue weighted by Crippen LogP contribution is -2.23. The van der Waals surface area contributed by atoms with Crippen LogP contribution >= 0.6 is 0 Å². The molecule has 4 heteroatoms. The zero-order valence-electron chi connectivity index (χ0n) is 11.7. The maximum absolute atomic E-state index is 11.7. The molecule has 4 nitrogen and oxygen atoms in total. The van der Waals surface area contributed by atoms with E-state index in [0.717, 1.165) is 11.2 Å². The van der Waals surface area contributed by atoms with Crippen LogP contribution in [0.2, 0.25) is 0 Å². The quantitative estimate of drug-likeness (QED) is 0.773. The molecule has 0 bridgehead atoms. The fourth-order valence-corrected chi connectivity index (χ4v) is 2.36. The van der Waals surface area contributed by atoms with Crippen LogP contribution in [0.25, 0.3) is 10.9 Å². The summed E-state index contributed by atoms with van der Waals surface area (Å²) in [5, 5.41) is 7.17. The van der Waals surface area contributed by atoms with Crippen LogP contribution in [0.4, 0.5) is 5.69 Å². The Morgan fingerprint density at radius 1 is 1.42 bits per heavy atom. The van der Waals surface area contributed by atoms with Gasteiger partial charge in [-0.05, 0) is 36.6 Å². The van der Waals surface area contributed by atoms with Gasteiger partial charge in [0.15, 0.2) is 0 Å². The summed E-state index contributed by atoms with van der Waals surface area (Å²) in [6, 6.07) is 6.22. The summed E-state index contributed by atoms with van der Waals surface area (Å²) < 4.78 is 0. The Labute approximate surface area is 113 Å². The first-order valence-corrected chi connectivity index (χ1v) is 6.71. The second kappa shape index (κ2) is 5.78. The van der Waals surface area contributed by atoms with Gasteiger partial charge in [-0.15, -0.1) is 0 Å². The van der Waals surface area contributed by atoms with E-state index in [1.165, 1.54) is 10.9 Å². The van der Waals surface area contributed by atoms with E-state index in [2.05, 4.69) is 34.7 Å². The number of fused-ring (bicyclic) bond motifs is 1. The summed E-state index contributed by atoms with van der Waals surface area (Å²) in [7, 11) is 1.91. The molecule has 1 aromatic carbocycles. The zero-order valence-corrected chi connectivity index (χ0v) is 11.7. The van der Waals surface area contributed by atoms with Crippen LogP contribution in [0, 0.1) is 0 Å². The first-order chi connectivity index (χ1) is 9.15. The molecule has 1 unspecified atom stereocenters. The number of aromatic amines is 1. The molecule has 3 N–H and O–H groups in total. The number of hydrogen-bond acceptors (Lipinski definition) is 2. The lowest BCUT2D eigenvalue weighted by atomic mass is 9.96. The van der Waals surface area contributed by atoms with Crippen LogP contribution in [0.3, 0.4) is 0 Å². The van der Waals surface area contributed by atoms with Gasteiger partial charge in [0.2, 0.25) is 5.91 Å². The van der Waals surface area contributed by atoms with Crippen LogP contribution in [-0.4, -0.2) is 24.5 Å². The van der Waals surface area contributed by atoms with Gasteiger partial charge in [-0.2, -0.15) is 0 Å². The third-order valence-electron chi connectivity index (χ3n) is 3.40. The van der Waals surface area contributed by atoms with E-state index in [9.17, 15) is 4.79 Å². The molecule has 0 spiro atoms. The van der Waals surface area contributed by atoms with Gasteiger partial charge < -0.3 is 15.6 Å². The Balaban J connectivity index is 2.26. The molecule has 102 valence electrons. The lowest BCUT2D eigenvalue weighted by molar-refractivity contribution is -0.121. The second-order valence-electron chi connectivity index (χ2n) is 4.81. The molecule has 0 saturated heterocycles. The van der Waals surface area contributed by atoms with Gasteiger partial charge >= 0.3 is 0 Å². The van der Waals surface area contributed by atoms with E-state index in [-0.39, 0.29) is 11.8 Å². The third-order valence-corrected chi connectivity index (χ3v) is 3.40. The molecule has 0 radical (unpaired) electrons. The number of anilines is 1. The van der Waals surface area contributed by atoms with Gasteiger partial charge in [0.05, 0.1) is 0 Å². The van der Waals surface area contributed by atoms with Crippen molar-refractivity contribution in [1.29, 1.82) is 0 Å². The molecule has 1 aromatic heterocycles. The molecule has 1 heterocycles. The van der Waals surface area contributed by atoms with Crippen molar-refractivity contribution in [3.8, 4) is 0 Å². The molecule has 0 aliphatic rings. The number of aromatic nitrogens is 1. The summed E-state index contributed by atoms with van der Waals surface area (Å²) >= 11 is 0. The molecule has 0 aliphatic carbocycles. The fraction of sp³-hybridized carbons (Fsp3) is 0.400. The highest BCUT2D eigenvalue weighted by atomic mass is 16.1. The zero-order chi connectivity index (χ0) is 13.8. The number of amides is 1. The summed E-state index contributed by atoms with van der Waals surface area (Å²) in [6.45, 7) is 4.71. The number of benzene rings is 1. The van der Waals surface area contributed by atoms with Gasteiger partial charge in [-0.3, -0.25) is 4.79 Å². The molecule has 0 saturated carbocycles. The Bertz CT molecular complexity index is 574. The highest BCUT2D eigenvalue weighted by molar-refractivity contribution is 5.87. The van der Waals surface area contributed by atoms with Gasteiger partial charge in [0.25, 0.3) is 0 Å². The van der Waals surface area contributed by atoms with Gasteiger partial charge in [-0.1, -0.05) is 6.92 Å². The number of nitrogens with one attached hydrogen (secondary N) is 3. The second-order valence-corrected chi connectivity index (χ2v) is 4.81. The average Bonchev–Trinajstić information content (AvgIpc) is 2.81. The van der Waals surface area contributed by atoms with Crippen molar-refractivity contribution in [3.05, 3.63) is 30.0 Å². The summed E-state index contributed by atoms with van der Waals surface area (Å²) in [5.74, 6) is 0.307. The highest BCUT2D eigenvalue weighted by Gasteiger charge is 2.14. The minimum atomic E-state index is 0.106. The Morgan fingerprint density at radius 2 is 2.21 bits per heavy atom. The standard InChI is InChI=1S/C15H21N3O/c1-4-17-15(19)7-10(2)13-9-18-14-6-5-11(16-3)8-12(13)14/h5-6,8-10,16,18H,4,7H2,1-3H3,(H,17,19). The Morgan fingerprint density at radius 3 is 2.89 bits per heavy atom. The van der Waals surface area contributed by atoms with Crippen molar-refractivity contribution < 1.29 is 4.79 Å². The lowest BCUT2D eigenvalue weighted by Gasteiger charge is -2.10. The van der Waals surface area contributed by atoms with Crippen LogP contribution in [-0.2, 0) is 4.79 Å². The predicted octanol–water partition coefficient (Wildman–Crippen LogP) is 2.84. The van der Waals surface area contributed by atoms with E-state index in [1.807, 2.05) is 26.2 Å². The largest absolute Gasteiger partial charge is 0.388 e. The topological polar surface area (TPSA) is 56.9 Å². The Kier molecular flexibility index (Phi) is 4.10. The van der Waals surface area contributed by atoms with Crippen molar-refractivity contribution >= 4 is 22.5 Å². The van der Waals surface area contributed by atoms with Crippen molar-refractivity contribution in [2.75, 3.05) is 18.9 Å². The third kappa shape index (κ3) is 2.89. The van der Waals surface area contributed by atoms with Crippen molar-refractivity contribution in [1.82, 2.24) is 10.3 Å². The van der Waals surface area contributed by atoms with E-state index in [1.54, 1.807) is 0 Å². The minimum absolute atomic E-state index is 0.106. The van der Waals surface area contributed by atoms with E-state index in [4.69, 9.17) is 0 Å². The van der Waals surface area contributed by atoms with Gasteiger partial charge in [0.1, 0.15) is 0 Å². The number of carbonyl (C=O) groups is 1. The number of carbonyl (C=O) groups excluding carboxylic acids is 1. The van der Waals surface area contributed by atoms with Crippen molar-refractivity contribution in [2.45, 2.75) is 26.2 Å². The minimum Gasteiger partial charge on any atom is -0.388 e. The van der Waals surface area contributed by atoms with Gasteiger partial charge in [0, 0.05) is 42.8 Å². The molecule has 2 aromatic rings. The summed E-state index contributed by atoms with van der Waals surface area (Å²) in [6.07, 6.45) is 2.53. The number of rotatable bonds is 5. The maximum atomic E-state index is 11.7. The van der Waals surface area contributed by atoms with Crippen LogP contribution in [0.1, 0.15) is 31.7 Å². The van der Waals surface area contributed by atoms with Crippen molar-refractivity contribution in [2.24, 2.45) is 0 Å².